The van der Waals surface area contributed by atoms with Gasteiger partial charge in [0.05, 0.1) is 5.69 Å². The molecule has 0 radical (unpaired) electrons. The third kappa shape index (κ3) is 3.93. The van der Waals surface area contributed by atoms with E-state index in [0.29, 0.717) is 29.4 Å². The predicted molar refractivity (Wildman–Crippen MR) is 106 cm³/mol. The van der Waals surface area contributed by atoms with Crippen LogP contribution in [-0.2, 0) is 0 Å². The summed E-state index contributed by atoms with van der Waals surface area (Å²) < 4.78 is 35.0. The fourth-order valence-electron chi connectivity index (χ4n) is 4.12. The molecular formula is C22H23FN2O5. The summed E-state index contributed by atoms with van der Waals surface area (Å²) in [6, 6.07) is 9.93. The molecule has 2 aliphatic heterocycles. The van der Waals surface area contributed by atoms with Gasteiger partial charge in [-0.3, -0.25) is 0 Å². The highest BCUT2D eigenvalue weighted by molar-refractivity contribution is 5.79. The second kappa shape index (κ2) is 8.12. The first-order valence-electron chi connectivity index (χ1n) is 10.1. The number of aromatic nitrogens is 1. The van der Waals surface area contributed by atoms with Gasteiger partial charge in [0.25, 0.3) is 0 Å². The number of benzene rings is 2. The van der Waals surface area contributed by atoms with Gasteiger partial charge in [0.15, 0.2) is 17.1 Å². The average molecular weight is 414 g/mol. The molecule has 0 saturated carbocycles. The minimum absolute atomic E-state index is 0.207. The van der Waals surface area contributed by atoms with Crippen molar-refractivity contribution in [1.82, 2.24) is 10.1 Å². The van der Waals surface area contributed by atoms with Crippen molar-refractivity contribution in [2.75, 3.05) is 33.0 Å². The van der Waals surface area contributed by atoms with Crippen molar-refractivity contribution in [2.45, 2.75) is 24.9 Å². The van der Waals surface area contributed by atoms with E-state index in [1.54, 1.807) is 24.3 Å². The van der Waals surface area contributed by atoms with Crippen molar-refractivity contribution < 1.29 is 28.2 Å². The van der Waals surface area contributed by atoms with Gasteiger partial charge in [-0.2, -0.15) is 0 Å². The highest BCUT2D eigenvalue weighted by atomic mass is 19.1. The Morgan fingerprint density at radius 3 is 2.83 bits per heavy atom. The van der Waals surface area contributed by atoms with Gasteiger partial charge >= 0.3 is 0 Å². The maximum atomic E-state index is 13.4. The van der Waals surface area contributed by atoms with E-state index in [4.69, 9.17) is 18.7 Å². The first-order chi connectivity index (χ1) is 14.7. The molecule has 7 nitrogen and oxygen atoms in total. The maximum absolute atomic E-state index is 13.4. The molecule has 2 aromatic carbocycles. The number of aliphatic hydroxyl groups excluding tert-OH is 1. The van der Waals surface area contributed by atoms with E-state index in [0.717, 1.165) is 37.0 Å². The summed E-state index contributed by atoms with van der Waals surface area (Å²) in [5.41, 5.74) is 1.39. The highest BCUT2D eigenvalue weighted by Gasteiger charge is 2.26. The van der Waals surface area contributed by atoms with Crippen LogP contribution in [0.2, 0.25) is 0 Å². The number of likely N-dealkylation sites (tertiary alicyclic amines) is 1. The summed E-state index contributed by atoms with van der Waals surface area (Å²) in [7, 11) is 0. The minimum atomic E-state index is -0.595. The van der Waals surface area contributed by atoms with Crippen molar-refractivity contribution in [3.05, 3.63) is 47.9 Å². The van der Waals surface area contributed by atoms with Crippen LogP contribution < -0.4 is 14.2 Å². The van der Waals surface area contributed by atoms with Crippen LogP contribution in [0.15, 0.2) is 40.9 Å². The zero-order valence-corrected chi connectivity index (χ0v) is 16.4. The van der Waals surface area contributed by atoms with E-state index in [1.807, 2.05) is 0 Å². The lowest BCUT2D eigenvalue weighted by atomic mass is 9.91. The molecule has 3 heterocycles. The number of fused-ring (bicyclic) bond motifs is 2. The highest BCUT2D eigenvalue weighted by Crippen LogP contribution is 2.35. The van der Waals surface area contributed by atoms with E-state index in [1.165, 1.54) is 12.1 Å². The van der Waals surface area contributed by atoms with Crippen LogP contribution in [0.5, 0.6) is 17.2 Å². The van der Waals surface area contributed by atoms with Gasteiger partial charge in [0.1, 0.15) is 24.3 Å². The summed E-state index contributed by atoms with van der Waals surface area (Å²) in [6.45, 7) is 2.67. The Bertz CT molecular complexity index is 1030. The summed E-state index contributed by atoms with van der Waals surface area (Å²) >= 11 is 0. The molecule has 5 rings (SSSR count). The molecule has 1 atom stereocenters. The monoisotopic (exact) mass is 414 g/mol. The number of ether oxygens (including phenoxy) is 3. The van der Waals surface area contributed by atoms with Gasteiger partial charge in [-0.15, -0.1) is 0 Å². The standard InChI is InChI=1S/C22H23FN2O5/c23-15-1-3-18-20(9-15)30-24-22(18)14-5-7-25(8-6-14)11-16(26)12-27-17-2-4-19-21(10-17)29-13-28-19/h1-4,9-10,14,16,26H,5-8,11-13H2/t16-/m0/s1. The molecule has 0 amide bonds. The zero-order valence-electron chi connectivity index (χ0n) is 16.4. The lowest BCUT2D eigenvalue weighted by Gasteiger charge is -2.32. The van der Waals surface area contributed by atoms with Gasteiger partial charge in [0.2, 0.25) is 6.79 Å². The number of nitrogens with zero attached hydrogens (tertiary/aromatic N) is 2. The average Bonchev–Trinajstić information content (AvgIpc) is 3.39. The lowest BCUT2D eigenvalue weighted by molar-refractivity contribution is 0.0591. The van der Waals surface area contributed by atoms with Crippen LogP contribution in [0, 0.1) is 5.82 Å². The van der Waals surface area contributed by atoms with Crippen molar-refractivity contribution >= 4 is 11.0 Å². The van der Waals surface area contributed by atoms with E-state index in [2.05, 4.69) is 10.1 Å². The fraction of sp³-hybridized carbons (Fsp3) is 0.409. The van der Waals surface area contributed by atoms with Crippen LogP contribution >= 0.6 is 0 Å². The molecular weight excluding hydrogens is 391 g/mol. The summed E-state index contributed by atoms with van der Waals surface area (Å²) in [4.78, 5) is 2.23. The van der Waals surface area contributed by atoms with Gasteiger partial charge in [-0.25, -0.2) is 4.39 Å². The Hall–Kier alpha value is -2.84. The third-order valence-electron chi connectivity index (χ3n) is 5.69. The normalized spacial score (nSPS) is 18.1. The summed E-state index contributed by atoms with van der Waals surface area (Å²) in [5, 5.41) is 15.5. The van der Waals surface area contributed by atoms with Gasteiger partial charge in [-0.05, 0) is 50.2 Å². The molecule has 8 heteroatoms. The second-order valence-corrected chi connectivity index (χ2v) is 7.76. The number of halogens is 1. The Labute approximate surface area is 172 Å². The van der Waals surface area contributed by atoms with E-state index in [-0.39, 0.29) is 25.1 Å². The Morgan fingerprint density at radius 2 is 1.97 bits per heavy atom. The Balaban J connectivity index is 1.11. The second-order valence-electron chi connectivity index (χ2n) is 7.76. The fourth-order valence-corrected chi connectivity index (χ4v) is 4.12. The molecule has 0 spiro atoms. The summed E-state index contributed by atoms with van der Waals surface area (Å²) in [5.74, 6) is 1.96. The van der Waals surface area contributed by atoms with Gasteiger partial charge in [-0.1, -0.05) is 5.16 Å². The first-order valence-corrected chi connectivity index (χ1v) is 10.1. The quantitative estimate of drug-likeness (QED) is 0.663. The molecule has 0 aliphatic carbocycles. The lowest BCUT2D eigenvalue weighted by Crippen LogP contribution is -2.40. The molecule has 1 saturated heterocycles. The third-order valence-corrected chi connectivity index (χ3v) is 5.69. The van der Waals surface area contributed by atoms with Crippen LogP contribution in [0.4, 0.5) is 4.39 Å². The topological polar surface area (TPSA) is 77.2 Å². The predicted octanol–water partition coefficient (Wildman–Crippen LogP) is 3.31. The van der Waals surface area contributed by atoms with E-state index in [9.17, 15) is 9.50 Å². The number of β-amino-alcohol motifs (C(OH)–C–C–N with tert-alkyl or cyclic N) is 1. The zero-order chi connectivity index (χ0) is 20.5. The number of hydrogen-bond acceptors (Lipinski definition) is 7. The largest absolute Gasteiger partial charge is 0.491 e. The molecule has 0 unspecified atom stereocenters. The van der Waals surface area contributed by atoms with E-state index >= 15 is 0 Å². The van der Waals surface area contributed by atoms with Crippen molar-refractivity contribution in [2.24, 2.45) is 0 Å². The van der Waals surface area contributed by atoms with Gasteiger partial charge < -0.3 is 28.7 Å². The number of hydrogen-bond donors (Lipinski definition) is 1. The maximum Gasteiger partial charge on any atom is 0.231 e. The number of piperidine rings is 1. The molecule has 158 valence electrons. The number of rotatable bonds is 6. The van der Waals surface area contributed by atoms with Crippen LogP contribution in [0.1, 0.15) is 24.5 Å². The Kier molecular flexibility index (Phi) is 5.18. The SMILES string of the molecule is O[C@H](COc1ccc2c(c1)OCO2)CN1CCC(c2noc3cc(F)ccc23)CC1. The van der Waals surface area contributed by atoms with Crippen LogP contribution in [0.25, 0.3) is 11.0 Å². The van der Waals surface area contributed by atoms with Crippen LogP contribution in [0.3, 0.4) is 0 Å². The summed E-state index contributed by atoms with van der Waals surface area (Å²) in [6.07, 6.45) is 1.23. The van der Waals surface area contributed by atoms with Crippen molar-refractivity contribution in [3.63, 3.8) is 0 Å². The molecule has 1 aromatic heterocycles. The Morgan fingerprint density at radius 1 is 1.13 bits per heavy atom. The first kappa shape index (κ1) is 19.1. The molecule has 2 aliphatic rings. The molecule has 1 N–H and O–H groups in total. The molecule has 3 aromatic rings. The smallest absolute Gasteiger partial charge is 0.231 e. The van der Waals surface area contributed by atoms with Crippen molar-refractivity contribution in [3.8, 4) is 17.2 Å². The molecule has 0 bridgehead atoms. The van der Waals surface area contributed by atoms with Gasteiger partial charge in [0, 0.05) is 30.0 Å². The van der Waals surface area contributed by atoms with E-state index < -0.39 is 6.10 Å². The van der Waals surface area contributed by atoms with Crippen LogP contribution in [-0.4, -0.2) is 54.3 Å². The number of aliphatic hydroxyl groups is 1. The van der Waals surface area contributed by atoms with Crippen molar-refractivity contribution in [1.29, 1.82) is 0 Å². The molecule has 1 fully saturated rings. The minimum Gasteiger partial charge on any atom is -0.491 e. The molecule has 30 heavy (non-hydrogen) atoms.